The third-order valence-electron chi connectivity index (χ3n) is 5.35. The molecule has 2 aromatic carbocycles. The van der Waals surface area contributed by atoms with E-state index in [1.807, 2.05) is 19.1 Å². The molecule has 0 unspecified atom stereocenters. The third kappa shape index (κ3) is 4.19. The topological polar surface area (TPSA) is 128 Å². The molecule has 1 heterocycles. The molecule has 3 rings (SSSR count). The maximum absolute atomic E-state index is 11.9. The van der Waals surface area contributed by atoms with Crippen LogP contribution in [0.15, 0.2) is 42.5 Å². The number of nitrogens with one attached hydrogen (secondary N) is 1. The Balaban J connectivity index is 1.85. The number of ether oxygens (including phenoxy) is 2. The number of aliphatic hydroxyl groups is 4. The van der Waals surface area contributed by atoms with Gasteiger partial charge in [-0.25, -0.2) is 0 Å². The first kappa shape index (κ1) is 22.2. The lowest BCUT2D eigenvalue weighted by atomic mass is 9.88. The lowest BCUT2D eigenvalue weighted by molar-refractivity contribution is -0.314. The van der Waals surface area contributed by atoms with Crippen molar-refractivity contribution in [3.63, 3.8) is 0 Å². The number of carbonyl (C=O) groups excluding carboxylic acids is 1. The van der Waals surface area contributed by atoms with Crippen LogP contribution in [-0.2, 0) is 4.74 Å². The molecule has 0 radical (unpaired) electrons. The van der Waals surface area contributed by atoms with Gasteiger partial charge in [-0.3, -0.25) is 4.79 Å². The SMILES string of the molecule is CNC(=O)c1cccc(-c2ccc(O[C@H]3O[C@H](CO)[C@@H](O)[C@H](O)[C@]3(C)O)c(C)c2)c1. The molecule has 1 amide bonds. The van der Waals surface area contributed by atoms with Crippen LogP contribution < -0.4 is 10.1 Å². The van der Waals surface area contributed by atoms with Crippen molar-refractivity contribution < 1.29 is 34.7 Å². The second-order valence-electron chi connectivity index (χ2n) is 7.61. The summed E-state index contributed by atoms with van der Waals surface area (Å²) in [7, 11) is 1.57. The van der Waals surface area contributed by atoms with Crippen LogP contribution >= 0.6 is 0 Å². The van der Waals surface area contributed by atoms with Crippen LogP contribution in [0.3, 0.4) is 0 Å². The van der Waals surface area contributed by atoms with E-state index in [0.29, 0.717) is 11.3 Å². The van der Waals surface area contributed by atoms with E-state index in [-0.39, 0.29) is 5.91 Å². The molecule has 1 saturated heterocycles. The Morgan fingerprint density at radius 3 is 2.53 bits per heavy atom. The number of amides is 1. The number of aryl methyl sites for hydroxylation is 1. The normalized spacial score (nSPS) is 28.8. The van der Waals surface area contributed by atoms with E-state index in [2.05, 4.69) is 5.32 Å². The van der Waals surface area contributed by atoms with Crippen molar-refractivity contribution in [1.82, 2.24) is 5.32 Å². The number of benzene rings is 2. The molecule has 1 aliphatic rings. The summed E-state index contributed by atoms with van der Waals surface area (Å²) in [5, 5.41) is 42.7. The van der Waals surface area contributed by atoms with Crippen LogP contribution in [0.4, 0.5) is 0 Å². The molecule has 0 saturated carbocycles. The summed E-state index contributed by atoms with van der Waals surface area (Å²) in [6.07, 6.45) is -5.38. The van der Waals surface area contributed by atoms with Crippen LogP contribution in [0.1, 0.15) is 22.8 Å². The second kappa shape index (κ2) is 8.71. The fourth-order valence-corrected chi connectivity index (χ4v) is 3.42. The first-order chi connectivity index (χ1) is 14.2. The van der Waals surface area contributed by atoms with Crippen LogP contribution in [-0.4, -0.2) is 70.2 Å². The molecule has 1 aliphatic heterocycles. The highest BCUT2D eigenvalue weighted by Gasteiger charge is 2.53. The molecular formula is C22H27NO7. The van der Waals surface area contributed by atoms with Crippen LogP contribution in [0.5, 0.6) is 5.75 Å². The maximum atomic E-state index is 11.9. The Morgan fingerprint density at radius 1 is 1.20 bits per heavy atom. The van der Waals surface area contributed by atoms with Crippen LogP contribution in [0, 0.1) is 6.92 Å². The minimum atomic E-state index is -1.89. The summed E-state index contributed by atoms with van der Waals surface area (Å²) in [6, 6.07) is 12.6. The minimum absolute atomic E-state index is 0.176. The van der Waals surface area contributed by atoms with E-state index in [1.165, 1.54) is 6.92 Å². The third-order valence-corrected chi connectivity index (χ3v) is 5.35. The molecular weight excluding hydrogens is 390 g/mol. The number of aliphatic hydroxyl groups excluding tert-OH is 3. The zero-order valence-electron chi connectivity index (χ0n) is 17.1. The van der Waals surface area contributed by atoms with Gasteiger partial charge in [0, 0.05) is 12.6 Å². The van der Waals surface area contributed by atoms with E-state index < -0.39 is 36.8 Å². The standard InChI is InChI=1S/C22H27NO7/c1-12-9-14(13-5-4-6-15(10-13)20(27)23-3)7-8-16(12)29-21-22(2,28)19(26)18(25)17(11-24)30-21/h4-10,17-19,21,24-26,28H,11H2,1-3H3,(H,23,27)/t17-,18-,19+,21+,22+/m1/s1. The molecule has 0 aliphatic carbocycles. The summed E-state index contributed by atoms with van der Waals surface area (Å²) in [5.41, 5.74) is 1.11. The highest BCUT2D eigenvalue weighted by atomic mass is 16.7. The highest BCUT2D eigenvalue weighted by Crippen LogP contribution is 2.34. The molecule has 8 nitrogen and oxygen atoms in total. The van der Waals surface area contributed by atoms with E-state index in [1.54, 1.807) is 37.4 Å². The van der Waals surface area contributed by atoms with Gasteiger partial charge in [0.1, 0.15) is 24.1 Å². The number of hydrogen-bond donors (Lipinski definition) is 5. The number of carbonyl (C=O) groups is 1. The summed E-state index contributed by atoms with van der Waals surface area (Å²) >= 11 is 0. The quantitative estimate of drug-likeness (QED) is 0.482. The van der Waals surface area contributed by atoms with Gasteiger partial charge in [0.15, 0.2) is 5.60 Å². The Kier molecular flexibility index (Phi) is 6.44. The van der Waals surface area contributed by atoms with Crippen molar-refractivity contribution in [2.75, 3.05) is 13.7 Å². The predicted octanol–water partition coefficient (Wildman–Crippen LogP) is 0.590. The average Bonchev–Trinajstić information content (AvgIpc) is 2.75. The fourth-order valence-electron chi connectivity index (χ4n) is 3.42. The van der Waals surface area contributed by atoms with E-state index in [0.717, 1.165) is 16.7 Å². The minimum Gasteiger partial charge on any atom is -0.461 e. The summed E-state index contributed by atoms with van der Waals surface area (Å²) in [5.74, 6) is 0.233. The number of hydrogen-bond acceptors (Lipinski definition) is 7. The van der Waals surface area contributed by atoms with Gasteiger partial charge in [-0.15, -0.1) is 0 Å². The van der Waals surface area contributed by atoms with E-state index in [9.17, 15) is 25.2 Å². The lowest BCUT2D eigenvalue weighted by Crippen LogP contribution is -2.66. The van der Waals surface area contributed by atoms with Crippen molar-refractivity contribution in [3.8, 4) is 16.9 Å². The Hall–Kier alpha value is -2.49. The molecule has 8 heteroatoms. The molecule has 0 bridgehead atoms. The monoisotopic (exact) mass is 417 g/mol. The average molecular weight is 417 g/mol. The van der Waals surface area contributed by atoms with Gasteiger partial charge in [-0.2, -0.15) is 0 Å². The molecule has 0 spiro atoms. The lowest BCUT2D eigenvalue weighted by Gasteiger charge is -2.45. The largest absolute Gasteiger partial charge is 0.461 e. The molecule has 2 aromatic rings. The summed E-state index contributed by atoms with van der Waals surface area (Å²) in [6.45, 7) is 2.58. The van der Waals surface area contributed by atoms with Crippen molar-refractivity contribution >= 4 is 5.91 Å². The van der Waals surface area contributed by atoms with Gasteiger partial charge in [-0.1, -0.05) is 18.2 Å². The van der Waals surface area contributed by atoms with Gasteiger partial charge >= 0.3 is 0 Å². The number of rotatable bonds is 5. The van der Waals surface area contributed by atoms with Crippen molar-refractivity contribution in [2.45, 2.75) is 44.1 Å². The fraction of sp³-hybridized carbons (Fsp3) is 0.409. The molecule has 5 atom stereocenters. The van der Waals surface area contributed by atoms with Gasteiger partial charge in [0.2, 0.25) is 6.29 Å². The van der Waals surface area contributed by atoms with Gasteiger partial charge in [0.25, 0.3) is 5.91 Å². The van der Waals surface area contributed by atoms with E-state index in [4.69, 9.17) is 9.47 Å². The zero-order valence-corrected chi connectivity index (χ0v) is 17.1. The Labute approximate surface area is 174 Å². The summed E-state index contributed by atoms with van der Waals surface area (Å²) < 4.78 is 11.3. The van der Waals surface area contributed by atoms with Gasteiger partial charge in [0.05, 0.1) is 6.61 Å². The Bertz CT molecular complexity index is 914. The molecule has 0 aromatic heterocycles. The van der Waals surface area contributed by atoms with Crippen molar-refractivity contribution in [3.05, 3.63) is 53.6 Å². The first-order valence-corrected chi connectivity index (χ1v) is 9.63. The first-order valence-electron chi connectivity index (χ1n) is 9.63. The molecule has 30 heavy (non-hydrogen) atoms. The smallest absolute Gasteiger partial charge is 0.251 e. The summed E-state index contributed by atoms with van der Waals surface area (Å²) in [4.78, 5) is 11.9. The van der Waals surface area contributed by atoms with Crippen LogP contribution in [0.25, 0.3) is 11.1 Å². The van der Waals surface area contributed by atoms with Gasteiger partial charge < -0.3 is 35.2 Å². The molecule has 162 valence electrons. The predicted molar refractivity (Wildman–Crippen MR) is 109 cm³/mol. The van der Waals surface area contributed by atoms with Crippen molar-refractivity contribution in [2.24, 2.45) is 0 Å². The Morgan fingerprint density at radius 2 is 1.90 bits per heavy atom. The maximum Gasteiger partial charge on any atom is 0.251 e. The molecule has 1 fully saturated rings. The highest BCUT2D eigenvalue weighted by molar-refractivity contribution is 5.95. The zero-order chi connectivity index (χ0) is 22.1. The van der Waals surface area contributed by atoms with E-state index >= 15 is 0 Å². The van der Waals surface area contributed by atoms with Crippen molar-refractivity contribution in [1.29, 1.82) is 0 Å². The van der Waals surface area contributed by atoms with Crippen LogP contribution in [0.2, 0.25) is 0 Å². The second-order valence-corrected chi connectivity index (χ2v) is 7.61. The molecule has 5 N–H and O–H groups in total. The van der Waals surface area contributed by atoms with Gasteiger partial charge in [-0.05, 0) is 54.8 Å².